The van der Waals surface area contributed by atoms with Crippen LogP contribution in [0.3, 0.4) is 0 Å². The molecular weight excluding hydrogens is 827 g/mol. The molecule has 0 amide bonds. The second-order valence-electron chi connectivity index (χ2n) is 20.0. The van der Waals surface area contributed by atoms with Crippen LogP contribution < -0.4 is 0 Å². The van der Waals surface area contributed by atoms with Crippen molar-refractivity contribution in [2.75, 3.05) is 42.5 Å². The van der Waals surface area contributed by atoms with Crippen LogP contribution >= 0.6 is 0 Å². The number of nitrogens with zero attached hydrogens (tertiary/aromatic N) is 3. The lowest BCUT2D eigenvalue weighted by atomic mass is 9.66. The van der Waals surface area contributed by atoms with Gasteiger partial charge in [-0.05, 0) is 103 Å². The van der Waals surface area contributed by atoms with E-state index < -0.39 is 36.6 Å². The normalized spacial score (nSPS) is 33.8. The van der Waals surface area contributed by atoms with E-state index in [4.69, 9.17) is 42.9 Å². The Labute approximate surface area is 388 Å². The van der Waals surface area contributed by atoms with Gasteiger partial charge in [-0.3, -0.25) is 9.59 Å². The summed E-state index contributed by atoms with van der Waals surface area (Å²) in [5.74, 6) is -0.0963. The van der Waals surface area contributed by atoms with Crippen molar-refractivity contribution >= 4 is 11.8 Å². The largest absolute Gasteiger partial charge is 0.462 e. The van der Waals surface area contributed by atoms with E-state index in [1.54, 1.807) is 28.4 Å². The number of ketones is 1. The number of allylic oxidation sites excluding steroid dienone is 2. The Morgan fingerprint density at radius 2 is 1.60 bits per heavy atom. The van der Waals surface area contributed by atoms with E-state index in [-0.39, 0.29) is 78.3 Å². The van der Waals surface area contributed by atoms with Gasteiger partial charge in [0.1, 0.15) is 24.1 Å². The van der Waals surface area contributed by atoms with Gasteiger partial charge in [0, 0.05) is 76.0 Å². The summed E-state index contributed by atoms with van der Waals surface area (Å²) in [6.45, 7) is 13.3. The van der Waals surface area contributed by atoms with E-state index in [9.17, 15) is 4.79 Å². The van der Waals surface area contributed by atoms with Crippen LogP contribution in [-0.2, 0) is 54.0 Å². The molecule has 0 bridgehead atoms. The SMILES string of the molecule is CC[C@H]1CCC[C@H](O[C@H]2CC[C@H](N(C)C)C(C)O2)[C@@H](C)C(=O)C2=C[C@H]3[C@@H]4C[C@H](OC(OC)C(OC)C(OC)C(OC)C(C)C)C[C@H]4c4c(nc(-c5ccccc5)n4CC)[C@H]3[C@@H]2CC(=O)O1. The Bertz CT molecular complexity index is 1920. The van der Waals surface area contributed by atoms with Crippen molar-refractivity contribution in [1.29, 1.82) is 0 Å². The van der Waals surface area contributed by atoms with Crippen LogP contribution in [0.2, 0.25) is 0 Å². The highest BCUT2D eigenvalue weighted by molar-refractivity contribution is 5.99. The molecule has 362 valence electrons. The monoisotopic (exact) mass is 906 g/mol. The highest BCUT2D eigenvalue weighted by atomic mass is 16.7. The molecule has 3 fully saturated rings. The number of esters is 1. The minimum absolute atomic E-state index is 0.00303. The highest BCUT2D eigenvalue weighted by Crippen LogP contribution is 2.62. The summed E-state index contributed by atoms with van der Waals surface area (Å²) >= 11 is 0. The van der Waals surface area contributed by atoms with Crippen LogP contribution in [0.5, 0.6) is 0 Å². The fourth-order valence-corrected chi connectivity index (χ4v) is 12.5. The Hall–Kier alpha value is -3.01. The number of benzene rings is 1. The van der Waals surface area contributed by atoms with E-state index in [2.05, 4.69) is 76.4 Å². The van der Waals surface area contributed by atoms with Gasteiger partial charge in [0.05, 0.1) is 36.5 Å². The van der Waals surface area contributed by atoms with E-state index in [1.165, 1.54) is 5.69 Å². The van der Waals surface area contributed by atoms with Crippen molar-refractivity contribution in [3.63, 3.8) is 0 Å². The number of likely N-dealkylation sites (N-methyl/N-ethyl adjacent to an activating group) is 1. The van der Waals surface area contributed by atoms with E-state index in [0.29, 0.717) is 31.0 Å². The van der Waals surface area contributed by atoms with Crippen LogP contribution in [0.25, 0.3) is 11.4 Å². The molecule has 13 heteroatoms. The van der Waals surface area contributed by atoms with Gasteiger partial charge in [0.2, 0.25) is 0 Å². The lowest BCUT2D eigenvalue weighted by Crippen LogP contribution is -2.51. The first-order valence-corrected chi connectivity index (χ1v) is 24.6. The predicted molar refractivity (Wildman–Crippen MR) is 248 cm³/mol. The molecule has 5 unspecified atom stereocenters. The number of imidazole rings is 1. The molecule has 1 aromatic heterocycles. The van der Waals surface area contributed by atoms with Crippen molar-refractivity contribution in [3.05, 3.63) is 53.4 Å². The van der Waals surface area contributed by atoms with Gasteiger partial charge in [-0.2, -0.15) is 0 Å². The van der Waals surface area contributed by atoms with Gasteiger partial charge in [0.25, 0.3) is 0 Å². The van der Waals surface area contributed by atoms with Crippen molar-refractivity contribution in [2.24, 2.45) is 29.6 Å². The number of hydrogen-bond donors (Lipinski definition) is 0. The molecule has 5 aliphatic rings. The van der Waals surface area contributed by atoms with Gasteiger partial charge in [-0.25, -0.2) is 4.98 Å². The summed E-state index contributed by atoms with van der Waals surface area (Å²) in [4.78, 5) is 37.3. The topological polar surface area (TPSA) is 129 Å². The number of carbonyl (C=O) groups excluding carboxylic acids is 2. The first kappa shape index (κ1) is 49.9. The fourth-order valence-electron chi connectivity index (χ4n) is 12.5. The standard InChI is InChI=1S/C52H79N3O10/c1-13-33-21-18-22-41(65-43-24-23-40(54(7)8)31(6)62-43)30(5)47(57)39-27-36-35-25-34(64-52(61-12)50(60-11)49(59-10)48(58-9)29(3)4)26-38(35)46-45(44(36)37(39)28-42(56)63-33)53-51(55(46)14-2)32-19-16-15-17-20-32/h15-17,19-20,27,29-31,33-38,40-41,43-44,48-50,52H,13-14,18,21-26,28H2,1-12H3/t30-,31?,33+,34+,35+,36+,37-,38-,40+,41+,43+,44-,48?,49?,50?,52?/m1/s1. The molecule has 7 rings (SSSR count). The number of cyclic esters (lactones) is 1. The van der Waals surface area contributed by atoms with Crippen molar-refractivity contribution in [3.8, 4) is 11.4 Å². The van der Waals surface area contributed by atoms with Gasteiger partial charge < -0.3 is 47.4 Å². The molecule has 65 heavy (non-hydrogen) atoms. The Balaban J connectivity index is 1.27. The maximum atomic E-state index is 15.4. The third kappa shape index (κ3) is 10.2. The number of ether oxygens (including phenoxy) is 8. The van der Waals surface area contributed by atoms with Crippen molar-refractivity contribution in [1.82, 2.24) is 14.5 Å². The van der Waals surface area contributed by atoms with E-state index in [1.807, 2.05) is 25.1 Å². The number of methoxy groups -OCH3 is 4. The molecule has 2 aromatic rings. The Morgan fingerprint density at radius 3 is 2.22 bits per heavy atom. The molecule has 16 atom stereocenters. The minimum Gasteiger partial charge on any atom is -0.462 e. The average molecular weight is 906 g/mol. The zero-order valence-corrected chi connectivity index (χ0v) is 41.3. The van der Waals surface area contributed by atoms with Crippen LogP contribution in [-0.4, -0.2) is 130 Å². The molecule has 3 aliphatic carbocycles. The van der Waals surface area contributed by atoms with Crippen LogP contribution in [0.1, 0.15) is 123 Å². The molecule has 1 aromatic carbocycles. The van der Waals surface area contributed by atoms with E-state index in [0.717, 1.165) is 55.6 Å². The van der Waals surface area contributed by atoms with Gasteiger partial charge >= 0.3 is 5.97 Å². The number of aromatic nitrogens is 2. The molecule has 0 spiro atoms. The number of rotatable bonds is 16. The maximum Gasteiger partial charge on any atom is 0.306 e. The lowest BCUT2D eigenvalue weighted by molar-refractivity contribution is -0.247. The third-order valence-corrected chi connectivity index (χ3v) is 15.7. The molecule has 3 heterocycles. The third-order valence-electron chi connectivity index (χ3n) is 15.7. The number of fused-ring (bicyclic) bond motifs is 8. The second kappa shape index (κ2) is 22.0. The number of carbonyl (C=O) groups is 2. The molecule has 2 aliphatic heterocycles. The smallest absolute Gasteiger partial charge is 0.306 e. The lowest BCUT2D eigenvalue weighted by Gasteiger charge is -2.40. The average Bonchev–Trinajstić information content (AvgIpc) is 4.00. The Morgan fingerprint density at radius 1 is 0.877 bits per heavy atom. The first-order valence-electron chi connectivity index (χ1n) is 24.6. The maximum absolute atomic E-state index is 15.4. The molecule has 2 saturated heterocycles. The van der Waals surface area contributed by atoms with Crippen LogP contribution in [0, 0.1) is 29.6 Å². The minimum atomic E-state index is -0.736. The van der Waals surface area contributed by atoms with Gasteiger partial charge in [-0.15, -0.1) is 0 Å². The van der Waals surface area contributed by atoms with E-state index >= 15 is 4.79 Å². The van der Waals surface area contributed by atoms with Crippen LogP contribution in [0.4, 0.5) is 0 Å². The molecule has 13 nitrogen and oxygen atoms in total. The summed E-state index contributed by atoms with van der Waals surface area (Å²) in [5, 5.41) is 0. The number of hydrogen-bond acceptors (Lipinski definition) is 12. The van der Waals surface area contributed by atoms with Gasteiger partial charge in [0.15, 0.2) is 18.4 Å². The summed E-state index contributed by atoms with van der Waals surface area (Å²) in [6, 6.07) is 10.6. The molecular formula is C52H79N3O10. The molecule has 0 N–H and O–H groups in total. The van der Waals surface area contributed by atoms with Gasteiger partial charge in [-0.1, -0.05) is 64.1 Å². The van der Waals surface area contributed by atoms with Crippen molar-refractivity contribution < 1.29 is 47.5 Å². The first-order chi connectivity index (χ1) is 31.3. The van der Waals surface area contributed by atoms with Crippen molar-refractivity contribution in [2.45, 2.75) is 179 Å². The highest BCUT2D eigenvalue weighted by Gasteiger charge is 2.57. The Kier molecular flexibility index (Phi) is 16.8. The van der Waals surface area contributed by atoms with Crippen LogP contribution in [0.15, 0.2) is 42.0 Å². The summed E-state index contributed by atoms with van der Waals surface area (Å²) in [7, 11) is 10.9. The quantitative estimate of drug-likeness (QED) is 0.119. The summed E-state index contributed by atoms with van der Waals surface area (Å²) in [6.07, 6.45) is 5.24. The second-order valence-corrected chi connectivity index (χ2v) is 20.0. The fraction of sp³-hybridized carbons (Fsp3) is 0.750. The predicted octanol–water partition coefficient (Wildman–Crippen LogP) is 8.33. The molecule has 0 radical (unpaired) electrons. The summed E-state index contributed by atoms with van der Waals surface area (Å²) < 4.78 is 53.2. The number of Topliss-reactive ketones (excluding diaryl/α,β-unsaturated/α-hetero) is 1. The zero-order chi connectivity index (χ0) is 46.7. The molecule has 1 saturated carbocycles. The summed E-state index contributed by atoms with van der Waals surface area (Å²) in [5.41, 5.74) is 3.89. The zero-order valence-electron chi connectivity index (χ0n) is 41.3.